The number of aromatic nitrogens is 2. The Hall–Kier alpha value is -2.48. The second-order valence-electron chi connectivity index (χ2n) is 7.58. The molecule has 3 aromatic rings. The van der Waals surface area contributed by atoms with Crippen LogP contribution in [0.5, 0.6) is 0 Å². The first-order valence-corrected chi connectivity index (χ1v) is 11.4. The number of nitrogens with zero attached hydrogens (tertiary/aromatic N) is 2. The zero-order valence-corrected chi connectivity index (χ0v) is 19.7. The number of aryl methyl sites for hydroxylation is 2. The summed E-state index contributed by atoms with van der Waals surface area (Å²) in [6.45, 7) is 6.45. The predicted octanol–water partition coefficient (Wildman–Crippen LogP) is 4.15. The molecule has 6 nitrogen and oxygen atoms in total. The van der Waals surface area contributed by atoms with E-state index in [1.54, 1.807) is 24.6 Å². The van der Waals surface area contributed by atoms with Gasteiger partial charge in [0, 0.05) is 54.8 Å². The number of thiazole rings is 1. The van der Waals surface area contributed by atoms with Gasteiger partial charge >= 0.3 is 0 Å². The van der Waals surface area contributed by atoms with Gasteiger partial charge in [-0.25, -0.2) is 4.98 Å². The lowest BCUT2D eigenvalue weighted by molar-refractivity contribution is -0.121. The molecule has 3 rings (SSSR count). The molecule has 8 heteroatoms. The zero-order valence-electron chi connectivity index (χ0n) is 18.1. The zero-order chi connectivity index (χ0) is 22.7. The largest absolute Gasteiger partial charge is 0.356 e. The summed E-state index contributed by atoms with van der Waals surface area (Å²) in [7, 11) is 1.71. The molecule has 1 unspecified atom stereocenters. The van der Waals surface area contributed by atoms with Crippen molar-refractivity contribution in [2.45, 2.75) is 39.2 Å². The van der Waals surface area contributed by atoms with E-state index in [1.807, 2.05) is 38.1 Å². The highest BCUT2D eigenvalue weighted by atomic mass is 35.5. The Labute approximate surface area is 191 Å². The van der Waals surface area contributed by atoms with Crippen molar-refractivity contribution < 1.29 is 4.79 Å². The molecule has 2 aromatic heterocycles. The monoisotopic (exact) mass is 458 g/mol. The molecule has 1 aromatic carbocycles. The molecule has 0 aliphatic carbocycles. The minimum atomic E-state index is -0.600. The molecule has 164 valence electrons. The number of carbonyl (C=O) groups excluding carboxylic acids is 1. The van der Waals surface area contributed by atoms with Gasteiger partial charge < -0.3 is 15.6 Å². The van der Waals surface area contributed by atoms with E-state index in [4.69, 9.17) is 22.3 Å². The summed E-state index contributed by atoms with van der Waals surface area (Å²) in [5.41, 5.74) is 9.73. The number of benzene rings is 1. The first-order chi connectivity index (χ1) is 14.7. The second kappa shape index (κ2) is 9.77. The van der Waals surface area contributed by atoms with E-state index in [0.29, 0.717) is 17.1 Å². The van der Waals surface area contributed by atoms with Crippen molar-refractivity contribution in [1.29, 1.82) is 0 Å². The van der Waals surface area contributed by atoms with Crippen molar-refractivity contribution in [2.24, 2.45) is 12.8 Å². The molecule has 0 saturated carbocycles. The highest BCUT2D eigenvalue weighted by Gasteiger charge is 2.24. The quantitative estimate of drug-likeness (QED) is 0.556. The van der Waals surface area contributed by atoms with E-state index in [0.717, 1.165) is 26.7 Å². The summed E-state index contributed by atoms with van der Waals surface area (Å²) >= 11 is 7.61. The van der Waals surface area contributed by atoms with E-state index in [9.17, 15) is 9.59 Å². The third-order valence-electron chi connectivity index (χ3n) is 5.22. The predicted molar refractivity (Wildman–Crippen MR) is 127 cm³/mol. The Bertz CT molecular complexity index is 1140. The van der Waals surface area contributed by atoms with Gasteiger partial charge in [-0.2, -0.15) is 0 Å². The standard InChI is InChI=1S/C23H27ClN4O2S/c1-5-26-20(29)11-19(25)17-10-21(30)28(4)12-18(17)23-22(27-14(3)31-23)13(2)15-6-8-16(24)9-7-15/h6-10,12-13,19H,5,11,25H2,1-4H3,(H,26,29)/t13?,19-/m0/s1. The van der Waals surface area contributed by atoms with Crippen molar-refractivity contribution in [3.05, 3.63) is 73.7 Å². The summed E-state index contributed by atoms with van der Waals surface area (Å²) in [6, 6.07) is 8.65. The summed E-state index contributed by atoms with van der Waals surface area (Å²) < 4.78 is 1.53. The number of carbonyl (C=O) groups is 1. The lowest BCUT2D eigenvalue weighted by Crippen LogP contribution is -2.28. The number of halogens is 1. The molecule has 2 atom stereocenters. The van der Waals surface area contributed by atoms with Gasteiger partial charge in [-0.15, -0.1) is 11.3 Å². The highest BCUT2D eigenvalue weighted by molar-refractivity contribution is 7.15. The smallest absolute Gasteiger partial charge is 0.250 e. The summed E-state index contributed by atoms with van der Waals surface area (Å²) in [5, 5.41) is 4.37. The Morgan fingerprint density at radius 1 is 1.32 bits per heavy atom. The van der Waals surface area contributed by atoms with E-state index >= 15 is 0 Å². The molecule has 0 spiro atoms. The minimum absolute atomic E-state index is 0.0157. The van der Waals surface area contributed by atoms with Gasteiger partial charge in [0.25, 0.3) is 5.56 Å². The lowest BCUT2D eigenvalue weighted by Gasteiger charge is -2.18. The van der Waals surface area contributed by atoms with Crippen LogP contribution in [-0.2, 0) is 11.8 Å². The first kappa shape index (κ1) is 23.2. The maximum Gasteiger partial charge on any atom is 0.250 e. The van der Waals surface area contributed by atoms with Gasteiger partial charge in [0.1, 0.15) is 0 Å². The molecule has 0 bridgehead atoms. The van der Waals surface area contributed by atoms with Gasteiger partial charge in [-0.1, -0.05) is 30.7 Å². The molecule has 2 heterocycles. The van der Waals surface area contributed by atoms with E-state index in [1.165, 1.54) is 10.6 Å². The number of hydrogen-bond acceptors (Lipinski definition) is 5. The fraction of sp³-hybridized carbons (Fsp3) is 0.348. The Morgan fingerprint density at radius 2 is 2.00 bits per heavy atom. The molecule has 0 saturated heterocycles. The van der Waals surface area contributed by atoms with Crippen molar-refractivity contribution in [2.75, 3.05) is 6.54 Å². The van der Waals surface area contributed by atoms with Crippen LogP contribution in [0.1, 0.15) is 54.1 Å². The molecular weight excluding hydrogens is 432 g/mol. The van der Waals surface area contributed by atoms with Crippen LogP contribution >= 0.6 is 22.9 Å². The van der Waals surface area contributed by atoms with Crippen LogP contribution in [0.25, 0.3) is 10.4 Å². The number of hydrogen-bond donors (Lipinski definition) is 2. The summed E-state index contributed by atoms with van der Waals surface area (Å²) in [4.78, 5) is 30.3. The normalized spacial score (nSPS) is 13.1. The third-order valence-corrected chi connectivity index (χ3v) is 6.50. The molecule has 0 radical (unpaired) electrons. The molecule has 0 fully saturated rings. The Kier molecular flexibility index (Phi) is 7.30. The van der Waals surface area contributed by atoms with Gasteiger partial charge in [0.2, 0.25) is 5.91 Å². The van der Waals surface area contributed by atoms with Gasteiger partial charge in [-0.3, -0.25) is 9.59 Å². The topological polar surface area (TPSA) is 90.0 Å². The lowest BCUT2D eigenvalue weighted by atomic mass is 9.92. The van der Waals surface area contributed by atoms with Crippen LogP contribution in [-0.4, -0.2) is 22.0 Å². The number of nitrogens with one attached hydrogen (secondary N) is 1. The third kappa shape index (κ3) is 5.23. The van der Waals surface area contributed by atoms with E-state index < -0.39 is 6.04 Å². The van der Waals surface area contributed by atoms with Gasteiger partial charge in [0.15, 0.2) is 0 Å². The molecule has 0 aliphatic heterocycles. The van der Waals surface area contributed by atoms with Crippen molar-refractivity contribution in [1.82, 2.24) is 14.9 Å². The molecule has 0 aliphatic rings. The number of rotatable bonds is 7. The second-order valence-corrected chi connectivity index (χ2v) is 9.22. The van der Waals surface area contributed by atoms with Crippen LogP contribution in [0.15, 0.2) is 41.3 Å². The van der Waals surface area contributed by atoms with Crippen LogP contribution in [0, 0.1) is 6.92 Å². The van der Waals surface area contributed by atoms with Crippen LogP contribution in [0.2, 0.25) is 5.02 Å². The maximum atomic E-state index is 12.4. The van der Waals surface area contributed by atoms with Crippen LogP contribution in [0.3, 0.4) is 0 Å². The summed E-state index contributed by atoms with van der Waals surface area (Å²) in [6.07, 6.45) is 1.90. The van der Waals surface area contributed by atoms with Crippen molar-refractivity contribution >= 4 is 28.8 Å². The van der Waals surface area contributed by atoms with E-state index in [-0.39, 0.29) is 23.8 Å². The fourth-order valence-electron chi connectivity index (χ4n) is 3.56. The highest BCUT2D eigenvalue weighted by Crippen LogP contribution is 2.39. The van der Waals surface area contributed by atoms with Crippen LogP contribution < -0.4 is 16.6 Å². The first-order valence-electron chi connectivity index (χ1n) is 10.2. The number of pyridine rings is 1. The van der Waals surface area contributed by atoms with Crippen molar-refractivity contribution in [3.8, 4) is 10.4 Å². The molecule has 1 amide bonds. The average Bonchev–Trinajstić information content (AvgIpc) is 3.11. The van der Waals surface area contributed by atoms with Gasteiger partial charge in [0.05, 0.1) is 15.6 Å². The Morgan fingerprint density at radius 3 is 2.65 bits per heavy atom. The number of amides is 1. The molecule has 31 heavy (non-hydrogen) atoms. The molecular formula is C23H27ClN4O2S. The molecule has 3 N–H and O–H groups in total. The average molecular weight is 459 g/mol. The summed E-state index contributed by atoms with van der Waals surface area (Å²) in [5.74, 6) is -0.126. The fourth-order valence-corrected chi connectivity index (χ4v) is 4.73. The number of nitrogens with two attached hydrogens (primary N) is 1. The van der Waals surface area contributed by atoms with Gasteiger partial charge in [-0.05, 0) is 37.1 Å². The minimum Gasteiger partial charge on any atom is -0.356 e. The Balaban J connectivity index is 2.10. The maximum absolute atomic E-state index is 12.4. The van der Waals surface area contributed by atoms with Crippen molar-refractivity contribution in [3.63, 3.8) is 0 Å². The van der Waals surface area contributed by atoms with Crippen LogP contribution in [0.4, 0.5) is 0 Å². The van der Waals surface area contributed by atoms with E-state index in [2.05, 4.69) is 12.2 Å². The SMILES string of the molecule is CCNC(=O)C[C@H](N)c1cc(=O)n(C)cc1-c1sc(C)nc1C(C)c1ccc(Cl)cc1.